The van der Waals surface area contributed by atoms with Gasteiger partial charge in [0.2, 0.25) is 5.82 Å². The van der Waals surface area contributed by atoms with Crippen molar-refractivity contribution >= 4 is 11.7 Å². The minimum Gasteiger partial charge on any atom is -0.355 e. The van der Waals surface area contributed by atoms with Crippen molar-refractivity contribution in [2.75, 3.05) is 24.5 Å². The van der Waals surface area contributed by atoms with E-state index in [-0.39, 0.29) is 17.8 Å². The maximum absolute atomic E-state index is 13.0. The van der Waals surface area contributed by atoms with Crippen molar-refractivity contribution in [2.24, 2.45) is 5.73 Å². The number of rotatable bonds is 5. The van der Waals surface area contributed by atoms with E-state index in [0.717, 1.165) is 42.1 Å². The zero-order valence-corrected chi connectivity index (χ0v) is 15.6. The highest BCUT2D eigenvalue weighted by molar-refractivity contribution is 5.91. The number of hydrogen-bond donors (Lipinski definition) is 1. The predicted molar refractivity (Wildman–Crippen MR) is 101 cm³/mol. The maximum Gasteiger partial charge on any atom is 0.292 e. The number of nitrogens with zero attached hydrogens (tertiary/aromatic N) is 5. The Kier molecular flexibility index (Phi) is 5.46. The van der Waals surface area contributed by atoms with Crippen molar-refractivity contribution in [3.8, 4) is 0 Å². The largest absolute Gasteiger partial charge is 0.355 e. The molecular formula is C19H26N6O. The van der Waals surface area contributed by atoms with E-state index in [9.17, 15) is 4.79 Å². The lowest BCUT2D eigenvalue weighted by molar-refractivity contribution is 0.0740. The highest BCUT2D eigenvalue weighted by Crippen LogP contribution is 2.24. The summed E-state index contributed by atoms with van der Waals surface area (Å²) in [6.07, 6.45) is 4.40. The number of aryl methyl sites for hydroxylation is 1. The Hall–Kier alpha value is -2.54. The molecule has 1 amide bonds. The summed E-state index contributed by atoms with van der Waals surface area (Å²) in [5.74, 6) is 0.922. The second-order valence-corrected chi connectivity index (χ2v) is 6.75. The van der Waals surface area contributed by atoms with Gasteiger partial charge in [0.25, 0.3) is 5.91 Å². The highest BCUT2D eigenvalue weighted by Gasteiger charge is 2.26. The Morgan fingerprint density at radius 2 is 2.04 bits per heavy atom. The molecule has 1 saturated heterocycles. The van der Waals surface area contributed by atoms with Gasteiger partial charge in [0.1, 0.15) is 5.82 Å². The van der Waals surface area contributed by atoms with Gasteiger partial charge in [0.05, 0.1) is 0 Å². The van der Waals surface area contributed by atoms with E-state index in [1.165, 1.54) is 0 Å². The fourth-order valence-corrected chi connectivity index (χ4v) is 3.17. The summed E-state index contributed by atoms with van der Waals surface area (Å²) in [5.41, 5.74) is 8.91. The lowest BCUT2D eigenvalue weighted by Crippen LogP contribution is -2.33. The monoisotopic (exact) mass is 354 g/mol. The number of pyridine rings is 1. The second-order valence-electron chi connectivity index (χ2n) is 6.75. The Morgan fingerprint density at radius 3 is 2.65 bits per heavy atom. The summed E-state index contributed by atoms with van der Waals surface area (Å²) < 4.78 is 0. The number of aromatic nitrogens is 3. The lowest BCUT2D eigenvalue weighted by Gasteiger charge is -2.23. The average molecular weight is 354 g/mol. The topological polar surface area (TPSA) is 88.2 Å². The molecule has 0 unspecified atom stereocenters. The summed E-state index contributed by atoms with van der Waals surface area (Å²) in [6.45, 7) is 8.60. The van der Waals surface area contributed by atoms with Crippen molar-refractivity contribution in [3.63, 3.8) is 0 Å². The van der Waals surface area contributed by atoms with Gasteiger partial charge in [-0.3, -0.25) is 9.78 Å². The molecule has 3 rings (SSSR count). The molecule has 0 saturated carbocycles. The average Bonchev–Trinajstić information content (AvgIpc) is 3.08. The van der Waals surface area contributed by atoms with Gasteiger partial charge in [-0.2, -0.15) is 0 Å². The molecule has 7 nitrogen and oxygen atoms in total. The van der Waals surface area contributed by atoms with Crippen LogP contribution in [0.1, 0.15) is 40.8 Å². The first-order valence-corrected chi connectivity index (χ1v) is 9.03. The lowest BCUT2D eigenvalue weighted by atomic mass is 10.2. The molecule has 0 bridgehead atoms. The van der Waals surface area contributed by atoms with Gasteiger partial charge >= 0.3 is 0 Å². The van der Waals surface area contributed by atoms with Crippen LogP contribution in [0, 0.1) is 13.8 Å². The van der Waals surface area contributed by atoms with E-state index < -0.39 is 0 Å². The molecule has 1 aliphatic heterocycles. The quantitative estimate of drug-likeness (QED) is 0.879. The third-order valence-electron chi connectivity index (χ3n) is 4.87. The summed E-state index contributed by atoms with van der Waals surface area (Å²) in [6, 6.07) is 3.98. The van der Waals surface area contributed by atoms with Crippen molar-refractivity contribution in [1.29, 1.82) is 0 Å². The zero-order valence-electron chi connectivity index (χ0n) is 15.6. The molecule has 0 aliphatic carbocycles. The van der Waals surface area contributed by atoms with Crippen LogP contribution in [-0.4, -0.2) is 51.4 Å². The molecule has 0 radical (unpaired) electrons. The van der Waals surface area contributed by atoms with Crippen molar-refractivity contribution in [1.82, 2.24) is 19.9 Å². The summed E-state index contributed by atoms with van der Waals surface area (Å²) >= 11 is 0. The van der Waals surface area contributed by atoms with Gasteiger partial charge in [0, 0.05) is 55.9 Å². The first-order valence-electron chi connectivity index (χ1n) is 9.03. The van der Waals surface area contributed by atoms with Crippen LogP contribution in [0.2, 0.25) is 0 Å². The van der Waals surface area contributed by atoms with E-state index in [2.05, 4.69) is 19.9 Å². The second kappa shape index (κ2) is 7.78. The molecule has 26 heavy (non-hydrogen) atoms. The minimum atomic E-state index is -0.155. The number of carbonyl (C=O) groups excluding carboxylic acids is 1. The van der Waals surface area contributed by atoms with E-state index in [1.54, 1.807) is 17.3 Å². The molecule has 2 aromatic rings. The Bertz CT molecular complexity index is 779. The van der Waals surface area contributed by atoms with Gasteiger partial charge in [-0.1, -0.05) is 0 Å². The molecular weight excluding hydrogens is 328 g/mol. The maximum atomic E-state index is 13.0. The van der Waals surface area contributed by atoms with Gasteiger partial charge in [0.15, 0.2) is 0 Å². The fourth-order valence-electron chi connectivity index (χ4n) is 3.17. The van der Waals surface area contributed by atoms with Crippen LogP contribution in [0.25, 0.3) is 0 Å². The molecule has 2 aromatic heterocycles. The molecule has 138 valence electrons. The minimum absolute atomic E-state index is 0.155. The predicted octanol–water partition coefficient (Wildman–Crippen LogP) is 1.69. The smallest absolute Gasteiger partial charge is 0.292 e. The molecule has 3 heterocycles. The van der Waals surface area contributed by atoms with E-state index in [4.69, 9.17) is 5.73 Å². The Morgan fingerprint density at radius 1 is 1.31 bits per heavy atom. The number of hydrogen-bond acceptors (Lipinski definition) is 6. The number of carbonyl (C=O) groups is 1. The van der Waals surface area contributed by atoms with Crippen molar-refractivity contribution in [2.45, 2.75) is 39.8 Å². The van der Waals surface area contributed by atoms with Crippen LogP contribution in [0.3, 0.4) is 0 Å². The molecule has 2 N–H and O–H groups in total. The summed E-state index contributed by atoms with van der Waals surface area (Å²) in [5, 5.41) is 0. The van der Waals surface area contributed by atoms with Gasteiger partial charge < -0.3 is 15.5 Å². The molecule has 0 spiro atoms. The summed E-state index contributed by atoms with van der Waals surface area (Å²) in [7, 11) is 0. The first-order chi connectivity index (χ1) is 12.5. The van der Waals surface area contributed by atoms with Crippen LogP contribution >= 0.6 is 0 Å². The standard InChI is InChI=1S/C19H26N6O/c1-4-24(11-15-5-8-21-9-6-15)19(26)17-22-14(3)13(2)18(23-17)25-10-7-16(20)12-25/h5-6,8-9,16H,4,7,10-12,20H2,1-3H3/t16-/m1/s1. The van der Waals surface area contributed by atoms with Crippen LogP contribution in [0.15, 0.2) is 24.5 Å². The molecule has 1 fully saturated rings. The third-order valence-corrected chi connectivity index (χ3v) is 4.87. The van der Waals surface area contributed by atoms with E-state index in [0.29, 0.717) is 13.1 Å². The zero-order chi connectivity index (χ0) is 18.7. The van der Waals surface area contributed by atoms with Crippen LogP contribution in [0.4, 0.5) is 5.82 Å². The first kappa shape index (κ1) is 18.3. The number of amides is 1. The number of anilines is 1. The van der Waals surface area contributed by atoms with Crippen LogP contribution in [-0.2, 0) is 6.54 Å². The Labute approximate surface area is 154 Å². The van der Waals surface area contributed by atoms with E-state index in [1.807, 2.05) is 32.9 Å². The van der Waals surface area contributed by atoms with Crippen molar-refractivity contribution in [3.05, 3.63) is 47.2 Å². The number of nitrogens with two attached hydrogens (primary N) is 1. The molecule has 1 aliphatic rings. The van der Waals surface area contributed by atoms with E-state index >= 15 is 0 Å². The Balaban J connectivity index is 1.87. The summed E-state index contributed by atoms with van der Waals surface area (Å²) in [4.78, 5) is 30.0. The van der Waals surface area contributed by atoms with Gasteiger partial charge in [-0.15, -0.1) is 0 Å². The normalized spacial score (nSPS) is 16.8. The highest BCUT2D eigenvalue weighted by atomic mass is 16.2. The molecule has 0 aromatic carbocycles. The van der Waals surface area contributed by atoms with Crippen molar-refractivity contribution < 1.29 is 4.79 Å². The molecule has 7 heteroatoms. The van der Waals surface area contributed by atoms with Crippen LogP contribution in [0.5, 0.6) is 0 Å². The molecule has 1 atom stereocenters. The fraction of sp³-hybridized carbons (Fsp3) is 0.474. The van der Waals surface area contributed by atoms with Gasteiger partial charge in [-0.05, 0) is 44.9 Å². The SMILES string of the molecule is CCN(Cc1ccncc1)C(=O)c1nc(C)c(C)c(N2CC[C@@H](N)C2)n1. The van der Waals surface area contributed by atoms with Gasteiger partial charge in [-0.25, -0.2) is 9.97 Å². The van der Waals surface area contributed by atoms with Crippen LogP contribution < -0.4 is 10.6 Å². The third kappa shape index (κ3) is 3.83.